The van der Waals surface area contributed by atoms with Crippen molar-refractivity contribution in [1.82, 2.24) is 9.78 Å². The van der Waals surface area contributed by atoms with Crippen LogP contribution in [0.1, 0.15) is 34.6 Å². The fourth-order valence-electron chi connectivity index (χ4n) is 2.61. The predicted molar refractivity (Wildman–Crippen MR) is 104 cm³/mol. The summed E-state index contributed by atoms with van der Waals surface area (Å²) in [6.07, 6.45) is 2.52. The van der Waals surface area contributed by atoms with Crippen molar-refractivity contribution < 1.29 is 19.1 Å². The smallest absolute Gasteiger partial charge is 0.338 e. The first-order valence-corrected chi connectivity index (χ1v) is 8.67. The molecule has 0 aliphatic heterocycles. The van der Waals surface area contributed by atoms with Crippen molar-refractivity contribution in [3.8, 4) is 5.69 Å². The van der Waals surface area contributed by atoms with E-state index < -0.39 is 12.1 Å². The predicted octanol–water partition coefficient (Wildman–Crippen LogP) is 3.26. The Labute approximate surface area is 161 Å². The highest BCUT2D eigenvalue weighted by Gasteiger charge is 2.20. The third-order valence-electron chi connectivity index (χ3n) is 4.01. The lowest BCUT2D eigenvalue weighted by Gasteiger charge is -2.13. The molecule has 142 valence electrons. The van der Waals surface area contributed by atoms with Crippen molar-refractivity contribution in [3.63, 3.8) is 0 Å². The van der Waals surface area contributed by atoms with Gasteiger partial charge in [0.2, 0.25) is 11.7 Å². The van der Waals surface area contributed by atoms with E-state index in [1.807, 2.05) is 0 Å². The van der Waals surface area contributed by atoms with E-state index in [4.69, 9.17) is 4.74 Å². The number of aromatic nitrogens is 2. The summed E-state index contributed by atoms with van der Waals surface area (Å²) in [5, 5.41) is 6.75. The van der Waals surface area contributed by atoms with Crippen molar-refractivity contribution in [2.45, 2.75) is 20.0 Å². The van der Waals surface area contributed by atoms with E-state index in [0.717, 1.165) is 5.69 Å². The first kappa shape index (κ1) is 19.0. The second-order valence-electron chi connectivity index (χ2n) is 6.17. The third-order valence-corrected chi connectivity index (χ3v) is 4.01. The second-order valence-corrected chi connectivity index (χ2v) is 6.17. The molecule has 0 aliphatic rings. The molecule has 1 amide bonds. The van der Waals surface area contributed by atoms with Gasteiger partial charge in [-0.25, -0.2) is 9.48 Å². The van der Waals surface area contributed by atoms with Crippen molar-refractivity contribution in [2.75, 3.05) is 5.32 Å². The van der Waals surface area contributed by atoms with Crippen LogP contribution in [0, 0.1) is 0 Å². The summed E-state index contributed by atoms with van der Waals surface area (Å²) in [5.41, 5.74) is 2.14. The van der Waals surface area contributed by atoms with Gasteiger partial charge in [0.1, 0.15) is 0 Å². The maximum absolute atomic E-state index is 12.5. The van der Waals surface area contributed by atoms with Gasteiger partial charge in [0, 0.05) is 30.6 Å². The second kappa shape index (κ2) is 8.30. The molecule has 0 saturated heterocycles. The highest BCUT2D eigenvalue weighted by Crippen LogP contribution is 2.15. The summed E-state index contributed by atoms with van der Waals surface area (Å²) in [4.78, 5) is 35.8. The number of nitrogens with zero attached hydrogens (tertiary/aromatic N) is 2. The lowest BCUT2D eigenvalue weighted by molar-refractivity contribution is -0.114. The average molecular weight is 377 g/mol. The van der Waals surface area contributed by atoms with E-state index in [2.05, 4.69) is 10.4 Å². The van der Waals surface area contributed by atoms with E-state index in [1.54, 1.807) is 71.7 Å². The molecule has 1 heterocycles. The zero-order valence-corrected chi connectivity index (χ0v) is 15.5. The molecule has 0 bridgehead atoms. The van der Waals surface area contributed by atoms with Gasteiger partial charge < -0.3 is 10.1 Å². The Bertz CT molecular complexity index is 978. The van der Waals surface area contributed by atoms with E-state index in [0.29, 0.717) is 16.8 Å². The van der Waals surface area contributed by atoms with Crippen LogP contribution in [-0.4, -0.2) is 33.5 Å². The lowest BCUT2D eigenvalue weighted by Crippen LogP contribution is -2.24. The van der Waals surface area contributed by atoms with Crippen LogP contribution < -0.4 is 5.32 Å². The number of hydrogen-bond donors (Lipinski definition) is 1. The molecule has 1 aromatic heterocycles. The van der Waals surface area contributed by atoms with Crippen molar-refractivity contribution >= 4 is 23.3 Å². The number of carbonyl (C=O) groups excluding carboxylic acids is 3. The molecule has 1 N–H and O–H groups in total. The van der Waals surface area contributed by atoms with Gasteiger partial charge in [-0.3, -0.25) is 9.59 Å². The first-order valence-electron chi connectivity index (χ1n) is 8.67. The number of amides is 1. The first-order chi connectivity index (χ1) is 13.4. The zero-order chi connectivity index (χ0) is 20.1. The maximum Gasteiger partial charge on any atom is 0.338 e. The van der Waals surface area contributed by atoms with Gasteiger partial charge in [-0.15, -0.1) is 0 Å². The third kappa shape index (κ3) is 4.50. The van der Waals surface area contributed by atoms with Gasteiger partial charge >= 0.3 is 5.97 Å². The number of rotatable bonds is 6. The van der Waals surface area contributed by atoms with Crippen molar-refractivity contribution in [2.24, 2.45) is 0 Å². The molecule has 28 heavy (non-hydrogen) atoms. The molecule has 7 heteroatoms. The number of Topliss-reactive ketones (excluding diaryl/α,β-unsaturated/α-hetero) is 1. The SMILES string of the molecule is CC(=O)Nc1ccc(C(=O)C(C)OC(=O)c2ccc(-n3cccn3)cc2)cc1. The van der Waals surface area contributed by atoms with Crippen LogP contribution in [0.5, 0.6) is 0 Å². The fraction of sp³-hybridized carbons (Fsp3) is 0.143. The number of hydrogen-bond acceptors (Lipinski definition) is 5. The molecule has 1 unspecified atom stereocenters. The largest absolute Gasteiger partial charge is 0.451 e. The van der Waals surface area contributed by atoms with Gasteiger partial charge in [0.15, 0.2) is 6.10 Å². The minimum atomic E-state index is -0.940. The van der Waals surface area contributed by atoms with E-state index in [1.165, 1.54) is 13.8 Å². The number of anilines is 1. The topological polar surface area (TPSA) is 90.3 Å². The molecule has 0 fully saturated rings. The summed E-state index contributed by atoms with van der Waals surface area (Å²) in [5.74, 6) is -1.10. The Hall–Kier alpha value is -3.74. The van der Waals surface area contributed by atoms with Crippen LogP contribution >= 0.6 is 0 Å². The van der Waals surface area contributed by atoms with Gasteiger partial charge in [-0.05, 0) is 61.5 Å². The normalized spacial score (nSPS) is 11.5. The van der Waals surface area contributed by atoms with Crippen LogP contribution in [0.4, 0.5) is 5.69 Å². The van der Waals surface area contributed by atoms with Gasteiger partial charge in [0.05, 0.1) is 11.3 Å². The molecule has 0 saturated carbocycles. The number of carbonyl (C=O) groups is 3. The molecule has 3 aromatic rings. The maximum atomic E-state index is 12.5. The van der Waals surface area contributed by atoms with E-state index >= 15 is 0 Å². The molecule has 2 aromatic carbocycles. The Balaban J connectivity index is 1.63. The van der Waals surface area contributed by atoms with Crippen LogP contribution in [-0.2, 0) is 9.53 Å². The number of ketones is 1. The molecular weight excluding hydrogens is 358 g/mol. The molecule has 3 rings (SSSR count). The van der Waals surface area contributed by atoms with Gasteiger partial charge in [-0.2, -0.15) is 5.10 Å². The Morgan fingerprint density at radius 2 is 1.64 bits per heavy atom. The Kier molecular flexibility index (Phi) is 5.64. The quantitative estimate of drug-likeness (QED) is 0.526. The molecule has 7 nitrogen and oxygen atoms in total. The highest BCUT2D eigenvalue weighted by atomic mass is 16.5. The average Bonchev–Trinajstić information content (AvgIpc) is 3.22. The highest BCUT2D eigenvalue weighted by molar-refractivity contribution is 6.02. The van der Waals surface area contributed by atoms with Crippen molar-refractivity contribution in [3.05, 3.63) is 78.1 Å². The Morgan fingerprint density at radius 1 is 1.00 bits per heavy atom. The molecule has 0 radical (unpaired) electrons. The summed E-state index contributed by atoms with van der Waals surface area (Å²) in [7, 11) is 0. The molecular formula is C21H19N3O4. The van der Waals surface area contributed by atoms with E-state index in [-0.39, 0.29) is 11.7 Å². The van der Waals surface area contributed by atoms with Crippen LogP contribution in [0.2, 0.25) is 0 Å². The fourth-order valence-corrected chi connectivity index (χ4v) is 2.61. The Morgan fingerprint density at radius 3 is 2.21 bits per heavy atom. The monoisotopic (exact) mass is 377 g/mol. The van der Waals surface area contributed by atoms with Crippen LogP contribution in [0.3, 0.4) is 0 Å². The molecule has 0 spiro atoms. The summed E-state index contributed by atoms with van der Waals surface area (Å²) in [6.45, 7) is 2.93. The van der Waals surface area contributed by atoms with Crippen molar-refractivity contribution in [1.29, 1.82) is 0 Å². The van der Waals surface area contributed by atoms with Crippen LogP contribution in [0.25, 0.3) is 5.69 Å². The minimum Gasteiger partial charge on any atom is -0.451 e. The van der Waals surface area contributed by atoms with E-state index in [9.17, 15) is 14.4 Å². The molecule has 1 atom stereocenters. The molecule has 0 aliphatic carbocycles. The number of ether oxygens (including phenoxy) is 1. The number of nitrogens with one attached hydrogen (secondary N) is 1. The van der Waals surface area contributed by atoms with Crippen LogP contribution in [0.15, 0.2) is 67.0 Å². The summed E-state index contributed by atoms with van der Waals surface area (Å²) < 4.78 is 6.97. The lowest BCUT2D eigenvalue weighted by atomic mass is 10.1. The summed E-state index contributed by atoms with van der Waals surface area (Å²) in [6, 6.07) is 14.9. The van der Waals surface area contributed by atoms with Gasteiger partial charge in [0.25, 0.3) is 0 Å². The van der Waals surface area contributed by atoms with Gasteiger partial charge in [-0.1, -0.05) is 0 Å². The standard InChI is InChI=1S/C21H19N3O4/c1-14(20(26)16-4-8-18(9-5-16)23-15(2)25)28-21(27)17-6-10-19(11-7-17)24-13-3-12-22-24/h3-14H,1-2H3,(H,23,25). The zero-order valence-electron chi connectivity index (χ0n) is 15.5. The minimum absolute atomic E-state index is 0.194. The number of esters is 1. The number of benzene rings is 2. The summed E-state index contributed by atoms with van der Waals surface area (Å²) >= 11 is 0.